The van der Waals surface area contributed by atoms with Crippen LogP contribution in [0, 0.1) is 0 Å². The zero-order valence-electron chi connectivity index (χ0n) is 8.10. The van der Waals surface area contributed by atoms with Gasteiger partial charge < -0.3 is 0 Å². The lowest BCUT2D eigenvalue weighted by Crippen LogP contribution is -1.80. The molecule has 0 bridgehead atoms. The maximum atomic E-state index is 10.3. The minimum absolute atomic E-state index is 0.0927. The van der Waals surface area contributed by atoms with E-state index in [1.54, 1.807) is 12.2 Å². The Morgan fingerprint density at radius 2 is 1.36 bits per heavy atom. The molecule has 0 spiro atoms. The van der Waals surface area contributed by atoms with E-state index in [4.69, 9.17) is 0 Å². The maximum Gasteiger partial charge on any atom is 0.178 e. The van der Waals surface area contributed by atoms with E-state index >= 15 is 0 Å². The molecule has 1 rings (SSSR count). The Balaban J connectivity index is 0.000000249. The molecule has 14 heavy (non-hydrogen) atoms. The summed E-state index contributed by atoms with van der Waals surface area (Å²) in [7, 11) is 0. The Morgan fingerprint density at radius 3 is 1.64 bits per heavy atom. The topological polar surface area (TPSA) is 17.1 Å². The second-order valence-electron chi connectivity index (χ2n) is 2.36. The van der Waals surface area contributed by atoms with Crippen LogP contribution in [0.3, 0.4) is 0 Å². The molecule has 1 aromatic rings. The molecule has 0 fully saturated rings. The van der Waals surface area contributed by atoms with Crippen molar-refractivity contribution in [1.82, 2.24) is 0 Å². The fraction of sp³-hybridized carbons (Fsp3) is 0. The van der Waals surface area contributed by atoms with Crippen molar-refractivity contribution < 1.29 is 4.79 Å². The molecule has 0 aromatic heterocycles. The van der Waals surface area contributed by atoms with Crippen LogP contribution in [0.5, 0.6) is 0 Å². The number of rotatable bonds is 3. The molecule has 1 aromatic carbocycles. The molecule has 0 heterocycles. The zero-order valence-corrected chi connectivity index (χ0v) is 8.10. The molecule has 0 aliphatic carbocycles. The Bertz CT molecular complexity index is 270. The van der Waals surface area contributed by atoms with Gasteiger partial charge >= 0.3 is 0 Å². The number of carbonyl (C=O) groups excluding carboxylic acids is 1. The summed E-state index contributed by atoms with van der Waals surface area (Å²) in [4.78, 5) is 10.3. The highest BCUT2D eigenvalue weighted by Crippen LogP contribution is 1.80. The van der Waals surface area contributed by atoms with Crippen LogP contribution in [0.15, 0.2) is 73.9 Å². The standard InChI is InChI=1S/C7H8O.C6H6/c1-3-5-6-7(8)4-2;1-2-4-6-5-3-1/h3-6H,1-2H2;1-6H. The van der Waals surface area contributed by atoms with Crippen LogP contribution in [-0.4, -0.2) is 5.78 Å². The van der Waals surface area contributed by atoms with Crippen molar-refractivity contribution >= 4 is 5.78 Å². The van der Waals surface area contributed by atoms with E-state index in [-0.39, 0.29) is 5.78 Å². The molecule has 72 valence electrons. The number of hydrogen-bond donors (Lipinski definition) is 0. The third-order valence-corrected chi connectivity index (χ3v) is 1.26. The average molecular weight is 186 g/mol. The molecule has 0 radical (unpaired) electrons. The van der Waals surface area contributed by atoms with E-state index in [1.807, 2.05) is 36.4 Å². The number of hydrogen-bond acceptors (Lipinski definition) is 1. The number of allylic oxidation sites excluding steroid dienone is 4. The fourth-order valence-corrected chi connectivity index (χ4v) is 0.616. The molecule has 0 amide bonds. The number of benzene rings is 1. The molecule has 0 aliphatic heterocycles. The van der Waals surface area contributed by atoms with Crippen molar-refractivity contribution in [2.75, 3.05) is 0 Å². The summed E-state index contributed by atoms with van der Waals surface area (Å²) in [5.74, 6) is -0.0927. The van der Waals surface area contributed by atoms with Crippen LogP contribution >= 0.6 is 0 Å². The average Bonchev–Trinajstić information content (AvgIpc) is 2.29. The van der Waals surface area contributed by atoms with Crippen LogP contribution in [0.1, 0.15) is 0 Å². The van der Waals surface area contributed by atoms with E-state index in [9.17, 15) is 4.79 Å². The van der Waals surface area contributed by atoms with Gasteiger partial charge in [-0.3, -0.25) is 4.79 Å². The van der Waals surface area contributed by atoms with Gasteiger partial charge in [0.1, 0.15) is 0 Å². The second-order valence-corrected chi connectivity index (χ2v) is 2.36. The molecule has 0 unspecified atom stereocenters. The van der Waals surface area contributed by atoms with Crippen LogP contribution in [0.4, 0.5) is 0 Å². The van der Waals surface area contributed by atoms with Crippen LogP contribution < -0.4 is 0 Å². The summed E-state index contributed by atoms with van der Waals surface area (Å²) in [5.41, 5.74) is 0. The monoisotopic (exact) mass is 186 g/mol. The highest BCUT2D eigenvalue weighted by molar-refractivity contribution is 5.98. The predicted octanol–water partition coefficient (Wildman–Crippen LogP) is 3.17. The molecule has 1 heteroatoms. The number of carbonyl (C=O) groups is 1. The lowest BCUT2D eigenvalue weighted by atomic mass is 10.3. The second kappa shape index (κ2) is 9.20. The maximum absolute atomic E-state index is 10.3. The summed E-state index contributed by atoms with van der Waals surface area (Å²) in [6.45, 7) is 6.67. The fourth-order valence-electron chi connectivity index (χ4n) is 0.616. The Hall–Kier alpha value is -1.89. The smallest absolute Gasteiger partial charge is 0.178 e. The minimum Gasteiger partial charge on any atom is -0.290 e. The van der Waals surface area contributed by atoms with Gasteiger partial charge in [-0.25, -0.2) is 0 Å². The van der Waals surface area contributed by atoms with Gasteiger partial charge in [0.15, 0.2) is 5.78 Å². The lowest BCUT2D eigenvalue weighted by molar-refractivity contribution is -0.110. The highest BCUT2D eigenvalue weighted by Gasteiger charge is 1.79. The van der Waals surface area contributed by atoms with E-state index in [0.717, 1.165) is 0 Å². The van der Waals surface area contributed by atoms with Gasteiger partial charge in [0.2, 0.25) is 0 Å². The third-order valence-electron chi connectivity index (χ3n) is 1.26. The van der Waals surface area contributed by atoms with E-state index in [2.05, 4.69) is 13.2 Å². The van der Waals surface area contributed by atoms with Gasteiger partial charge in [0, 0.05) is 0 Å². The molecular formula is C13H14O. The molecule has 0 aliphatic rings. The summed E-state index contributed by atoms with van der Waals surface area (Å²) in [5, 5.41) is 0. The molecule has 1 nitrogen and oxygen atoms in total. The van der Waals surface area contributed by atoms with Gasteiger partial charge in [-0.1, -0.05) is 61.7 Å². The van der Waals surface area contributed by atoms with Crippen LogP contribution in [0.25, 0.3) is 0 Å². The van der Waals surface area contributed by atoms with Crippen molar-refractivity contribution in [2.45, 2.75) is 0 Å². The first-order chi connectivity index (χ1) is 6.81. The molecular weight excluding hydrogens is 172 g/mol. The Morgan fingerprint density at radius 1 is 0.929 bits per heavy atom. The molecule has 0 saturated carbocycles. The first-order valence-electron chi connectivity index (χ1n) is 4.26. The van der Waals surface area contributed by atoms with Crippen molar-refractivity contribution in [3.8, 4) is 0 Å². The van der Waals surface area contributed by atoms with E-state index in [1.165, 1.54) is 12.2 Å². The largest absolute Gasteiger partial charge is 0.290 e. The van der Waals surface area contributed by atoms with Crippen molar-refractivity contribution in [1.29, 1.82) is 0 Å². The van der Waals surface area contributed by atoms with Gasteiger partial charge in [0.05, 0.1) is 0 Å². The first kappa shape index (κ1) is 12.1. The Labute approximate surface area is 85.1 Å². The summed E-state index contributed by atoms with van der Waals surface area (Å²) in [6, 6.07) is 12.0. The minimum atomic E-state index is -0.0927. The normalized spacial score (nSPS) is 8.57. The highest BCUT2D eigenvalue weighted by atomic mass is 16.1. The van der Waals surface area contributed by atoms with Gasteiger partial charge in [-0.2, -0.15) is 0 Å². The summed E-state index contributed by atoms with van der Waals surface area (Å²) < 4.78 is 0. The first-order valence-corrected chi connectivity index (χ1v) is 4.26. The quantitative estimate of drug-likeness (QED) is 0.523. The third kappa shape index (κ3) is 8.21. The molecule has 0 saturated heterocycles. The zero-order chi connectivity index (χ0) is 10.6. The van der Waals surface area contributed by atoms with E-state index < -0.39 is 0 Å². The van der Waals surface area contributed by atoms with Crippen molar-refractivity contribution in [3.63, 3.8) is 0 Å². The Kier molecular flexibility index (Phi) is 7.96. The van der Waals surface area contributed by atoms with Crippen LogP contribution in [-0.2, 0) is 4.79 Å². The van der Waals surface area contributed by atoms with E-state index in [0.29, 0.717) is 0 Å². The van der Waals surface area contributed by atoms with Crippen LogP contribution in [0.2, 0.25) is 0 Å². The van der Waals surface area contributed by atoms with Crippen molar-refractivity contribution in [3.05, 3.63) is 73.9 Å². The van der Waals surface area contributed by atoms with Gasteiger partial charge in [-0.05, 0) is 12.2 Å². The summed E-state index contributed by atoms with van der Waals surface area (Å²) in [6.07, 6.45) is 5.77. The van der Waals surface area contributed by atoms with Crippen molar-refractivity contribution in [2.24, 2.45) is 0 Å². The predicted molar refractivity (Wildman–Crippen MR) is 61.0 cm³/mol. The van der Waals surface area contributed by atoms with Gasteiger partial charge in [0.25, 0.3) is 0 Å². The number of ketones is 1. The summed E-state index contributed by atoms with van der Waals surface area (Å²) >= 11 is 0. The SMILES string of the molecule is C=CC=CC(=O)C=C.c1ccccc1. The van der Waals surface area contributed by atoms with Gasteiger partial charge in [-0.15, -0.1) is 0 Å². The molecule has 0 N–H and O–H groups in total. The molecule has 0 atom stereocenters. The lowest BCUT2D eigenvalue weighted by Gasteiger charge is -1.73.